The Balaban J connectivity index is 2.42. The highest BCUT2D eigenvalue weighted by Crippen LogP contribution is 2.17. The summed E-state index contributed by atoms with van der Waals surface area (Å²) in [7, 11) is -3.41. The molecule has 0 heterocycles. The first-order valence-corrected chi connectivity index (χ1v) is 9.70. The normalized spacial score (nSPS) is 11.7. The number of benzene rings is 1. The van der Waals surface area contributed by atoms with E-state index in [0.717, 1.165) is 19.3 Å². The fraction of sp³-hybridized carbons (Fsp3) is 0.571. The van der Waals surface area contributed by atoms with Gasteiger partial charge in [-0.1, -0.05) is 12.8 Å². The van der Waals surface area contributed by atoms with E-state index in [1.54, 1.807) is 25.1 Å². The van der Waals surface area contributed by atoms with Crippen molar-refractivity contribution in [3.05, 3.63) is 23.8 Å². The monoisotopic (exact) mass is 316 g/mol. The number of unbranched alkanes of at least 4 members (excludes halogenated alkanes) is 3. The lowest BCUT2D eigenvalue weighted by Crippen LogP contribution is -2.25. The molecule has 0 aliphatic heterocycles. The van der Waals surface area contributed by atoms with Crippen LogP contribution in [0.25, 0.3) is 0 Å². The van der Waals surface area contributed by atoms with Gasteiger partial charge in [0.1, 0.15) is 0 Å². The van der Waals surface area contributed by atoms with Crippen LogP contribution in [0.2, 0.25) is 0 Å². The first kappa shape index (κ1) is 17.3. The molecule has 3 N–H and O–H groups in total. The third-order valence-electron chi connectivity index (χ3n) is 3.06. The Labute approximate surface area is 126 Å². The maximum Gasteiger partial charge on any atom is 0.240 e. The smallest absolute Gasteiger partial charge is 0.240 e. The number of nitrogen functional groups attached to an aromatic ring is 1. The van der Waals surface area contributed by atoms with Crippen molar-refractivity contribution >= 4 is 27.5 Å². The number of thioether (sulfide) groups is 1. The maximum atomic E-state index is 12.1. The Morgan fingerprint density at radius 2 is 1.90 bits per heavy atom. The van der Waals surface area contributed by atoms with Crippen LogP contribution in [0.15, 0.2) is 23.1 Å². The van der Waals surface area contributed by atoms with Crippen molar-refractivity contribution in [2.75, 3.05) is 24.3 Å². The van der Waals surface area contributed by atoms with Crippen molar-refractivity contribution in [2.24, 2.45) is 0 Å². The van der Waals surface area contributed by atoms with E-state index < -0.39 is 10.0 Å². The summed E-state index contributed by atoms with van der Waals surface area (Å²) in [4.78, 5) is 0.314. The Kier molecular flexibility index (Phi) is 7.40. The standard InChI is InChI=1S/C14H24N2O2S2/c1-12-11-13(15)7-8-14(12)20(17,18)16-9-5-3-4-6-10-19-2/h7-8,11,16H,3-6,9-10,15H2,1-2H3. The molecule has 4 nitrogen and oxygen atoms in total. The Bertz CT molecular complexity index is 516. The number of nitrogens with one attached hydrogen (secondary N) is 1. The van der Waals surface area contributed by atoms with Crippen molar-refractivity contribution in [3.8, 4) is 0 Å². The average molecular weight is 316 g/mol. The largest absolute Gasteiger partial charge is 0.399 e. The molecule has 0 aliphatic rings. The van der Waals surface area contributed by atoms with Gasteiger partial charge >= 0.3 is 0 Å². The van der Waals surface area contributed by atoms with Gasteiger partial charge in [-0.15, -0.1) is 0 Å². The molecule has 0 aromatic heterocycles. The van der Waals surface area contributed by atoms with Gasteiger partial charge in [0, 0.05) is 12.2 Å². The average Bonchev–Trinajstić information content (AvgIpc) is 2.37. The first-order valence-electron chi connectivity index (χ1n) is 6.82. The van der Waals surface area contributed by atoms with Crippen molar-refractivity contribution in [1.82, 2.24) is 4.72 Å². The number of sulfonamides is 1. The van der Waals surface area contributed by atoms with Crippen LogP contribution in [0.4, 0.5) is 5.69 Å². The zero-order chi connectivity index (χ0) is 15.0. The molecular formula is C14H24N2O2S2. The molecule has 0 saturated heterocycles. The first-order chi connectivity index (χ1) is 9.47. The van der Waals surface area contributed by atoms with Gasteiger partial charge in [0.2, 0.25) is 10.0 Å². The Hall–Kier alpha value is -0.720. The molecule has 0 fully saturated rings. The van der Waals surface area contributed by atoms with Gasteiger partial charge in [0.05, 0.1) is 4.90 Å². The van der Waals surface area contributed by atoms with Crippen LogP contribution in [-0.2, 0) is 10.0 Å². The van der Waals surface area contributed by atoms with Crippen molar-refractivity contribution < 1.29 is 8.42 Å². The number of anilines is 1. The minimum atomic E-state index is -3.41. The number of aryl methyl sites for hydroxylation is 1. The van der Waals surface area contributed by atoms with Crippen molar-refractivity contribution in [3.63, 3.8) is 0 Å². The molecule has 0 aliphatic carbocycles. The molecule has 0 radical (unpaired) electrons. The third kappa shape index (κ3) is 5.73. The van der Waals surface area contributed by atoms with Crippen LogP contribution < -0.4 is 10.5 Å². The predicted molar refractivity (Wildman–Crippen MR) is 87.6 cm³/mol. The lowest BCUT2D eigenvalue weighted by atomic mass is 10.2. The molecule has 6 heteroatoms. The summed E-state index contributed by atoms with van der Waals surface area (Å²) in [5.74, 6) is 1.18. The van der Waals surface area contributed by atoms with Crippen LogP contribution in [0.5, 0.6) is 0 Å². The van der Waals surface area contributed by atoms with E-state index in [9.17, 15) is 8.42 Å². The number of rotatable bonds is 9. The highest BCUT2D eigenvalue weighted by Gasteiger charge is 2.15. The Morgan fingerprint density at radius 3 is 2.55 bits per heavy atom. The zero-order valence-electron chi connectivity index (χ0n) is 12.2. The minimum absolute atomic E-state index is 0.314. The van der Waals surface area contributed by atoms with Gasteiger partial charge in [0.15, 0.2) is 0 Å². The van der Waals surface area contributed by atoms with E-state index in [4.69, 9.17) is 5.73 Å². The van der Waals surface area contributed by atoms with Crippen LogP contribution in [0.3, 0.4) is 0 Å². The summed E-state index contributed by atoms with van der Waals surface area (Å²) in [6.45, 7) is 2.25. The Morgan fingerprint density at radius 1 is 1.20 bits per heavy atom. The third-order valence-corrected chi connectivity index (χ3v) is 5.37. The molecule has 0 atom stereocenters. The lowest BCUT2D eigenvalue weighted by Gasteiger charge is -2.09. The molecule has 1 rings (SSSR count). The number of hydrogen-bond acceptors (Lipinski definition) is 4. The second-order valence-electron chi connectivity index (χ2n) is 4.83. The number of nitrogens with two attached hydrogens (primary N) is 1. The van der Waals surface area contributed by atoms with Crippen molar-refractivity contribution in [1.29, 1.82) is 0 Å². The zero-order valence-corrected chi connectivity index (χ0v) is 13.8. The van der Waals surface area contributed by atoms with Gasteiger partial charge in [-0.3, -0.25) is 0 Å². The SMILES string of the molecule is CSCCCCCCNS(=O)(=O)c1ccc(N)cc1C. The van der Waals surface area contributed by atoms with E-state index in [-0.39, 0.29) is 0 Å². The summed E-state index contributed by atoms with van der Waals surface area (Å²) in [5, 5.41) is 0. The summed E-state index contributed by atoms with van der Waals surface area (Å²) in [6, 6.07) is 4.85. The summed E-state index contributed by atoms with van der Waals surface area (Å²) >= 11 is 1.85. The number of hydrogen-bond donors (Lipinski definition) is 2. The summed E-state index contributed by atoms with van der Waals surface area (Å²) in [5.41, 5.74) is 6.89. The van der Waals surface area contributed by atoms with E-state index in [1.807, 2.05) is 11.8 Å². The van der Waals surface area contributed by atoms with Gasteiger partial charge in [-0.25, -0.2) is 13.1 Å². The van der Waals surface area contributed by atoms with Gasteiger partial charge < -0.3 is 5.73 Å². The predicted octanol–water partition coefficient (Wildman–Crippen LogP) is 2.78. The van der Waals surface area contributed by atoms with Gasteiger partial charge in [0.25, 0.3) is 0 Å². The molecule has 20 heavy (non-hydrogen) atoms. The molecular weight excluding hydrogens is 292 g/mol. The van der Waals surface area contributed by atoms with E-state index in [1.165, 1.54) is 12.2 Å². The molecule has 0 unspecified atom stereocenters. The quantitative estimate of drug-likeness (QED) is 0.543. The summed E-state index contributed by atoms with van der Waals surface area (Å²) in [6.07, 6.45) is 6.39. The van der Waals surface area contributed by atoms with Crippen molar-refractivity contribution in [2.45, 2.75) is 37.5 Å². The topological polar surface area (TPSA) is 72.2 Å². The molecule has 0 saturated carbocycles. The van der Waals surface area contributed by atoms with Gasteiger partial charge in [-0.05, 0) is 55.5 Å². The van der Waals surface area contributed by atoms with Gasteiger partial charge in [-0.2, -0.15) is 11.8 Å². The highest BCUT2D eigenvalue weighted by atomic mass is 32.2. The second-order valence-corrected chi connectivity index (χ2v) is 7.55. The molecule has 0 spiro atoms. The summed E-state index contributed by atoms with van der Waals surface area (Å²) < 4.78 is 26.9. The molecule has 0 bridgehead atoms. The molecule has 1 aromatic carbocycles. The minimum Gasteiger partial charge on any atom is -0.399 e. The maximum absolute atomic E-state index is 12.1. The van der Waals surface area contributed by atoms with E-state index in [0.29, 0.717) is 22.7 Å². The second kappa shape index (κ2) is 8.54. The van der Waals surface area contributed by atoms with Crippen LogP contribution in [0, 0.1) is 6.92 Å². The van der Waals surface area contributed by atoms with E-state index >= 15 is 0 Å². The van der Waals surface area contributed by atoms with Crippen LogP contribution >= 0.6 is 11.8 Å². The molecule has 1 aromatic rings. The lowest BCUT2D eigenvalue weighted by molar-refractivity contribution is 0.573. The van der Waals surface area contributed by atoms with E-state index in [2.05, 4.69) is 11.0 Å². The molecule has 0 amide bonds. The molecule has 114 valence electrons. The van der Waals surface area contributed by atoms with Crippen LogP contribution in [0.1, 0.15) is 31.2 Å². The van der Waals surface area contributed by atoms with Crippen LogP contribution in [-0.4, -0.2) is 27.0 Å². The fourth-order valence-electron chi connectivity index (χ4n) is 1.98. The highest BCUT2D eigenvalue weighted by molar-refractivity contribution is 7.98. The fourth-order valence-corrected chi connectivity index (χ4v) is 3.77.